The van der Waals surface area contributed by atoms with E-state index in [1.54, 1.807) is 0 Å². The Labute approximate surface area is 129 Å². The average Bonchev–Trinajstić information content (AvgIpc) is 2.37. The molecule has 0 aromatic rings. The molecule has 3 amide bonds. The number of amides is 3. The fourth-order valence-corrected chi connectivity index (χ4v) is 1.93. The van der Waals surface area contributed by atoms with Gasteiger partial charge in [-0.3, -0.25) is 14.4 Å². The van der Waals surface area contributed by atoms with Crippen molar-refractivity contribution >= 4 is 23.7 Å². The molecule has 2 atom stereocenters. The summed E-state index contributed by atoms with van der Waals surface area (Å²) in [6.45, 7) is 5.25. The van der Waals surface area contributed by atoms with Crippen LogP contribution in [0.3, 0.4) is 0 Å². The number of carboxylic acids is 1. The number of aliphatic carboxylic acids is 1. The van der Waals surface area contributed by atoms with E-state index in [0.29, 0.717) is 6.42 Å². The lowest BCUT2D eigenvalue weighted by Gasteiger charge is -2.22. The van der Waals surface area contributed by atoms with Crippen molar-refractivity contribution in [2.75, 3.05) is 0 Å². The minimum atomic E-state index is -1.21. The second-order valence-electron chi connectivity index (χ2n) is 5.55. The van der Waals surface area contributed by atoms with Gasteiger partial charge in [-0.2, -0.15) is 0 Å². The number of primary amides is 1. The van der Waals surface area contributed by atoms with Crippen LogP contribution in [0.4, 0.5) is 0 Å². The molecule has 0 bridgehead atoms. The van der Waals surface area contributed by atoms with Gasteiger partial charge in [0.1, 0.15) is 6.04 Å². The van der Waals surface area contributed by atoms with Crippen LogP contribution in [0.15, 0.2) is 0 Å². The first-order chi connectivity index (χ1) is 10.1. The molecule has 126 valence electrons. The Hall–Kier alpha value is -2.12. The summed E-state index contributed by atoms with van der Waals surface area (Å²) in [4.78, 5) is 44.6. The van der Waals surface area contributed by atoms with Crippen LogP contribution in [0.2, 0.25) is 0 Å². The highest BCUT2D eigenvalue weighted by atomic mass is 16.4. The van der Waals surface area contributed by atoms with Crippen LogP contribution in [0, 0.1) is 5.92 Å². The second-order valence-corrected chi connectivity index (χ2v) is 5.55. The van der Waals surface area contributed by atoms with E-state index < -0.39 is 23.8 Å². The number of carbonyl (C=O) groups is 4. The largest absolute Gasteiger partial charge is 0.480 e. The van der Waals surface area contributed by atoms with Crippen LogP contribution in [0.5, 0.6) is 0 Å². The van der Waals surface area contributed by atoms with E-state index in [-0.39, 0.29) is 37.1 Å². The number of hydrogen-bond donors (Lipinski definition) is 4. The molecule has 0 aliphatic carbocycles. The number of carbonyl (C=O) groups excluding carboxylic acids is 3. The Morgan fingerprint density at radius 3 is 2.05 bits per heavy atom. The van der Waals surface area contributed by atoms with Crippen molar-refractivity contribution in [3.63, 3.8) is 0 Å². The smallest absolute Gasteiger partial charge is 0.326 e. The van der Waals surface area contributed by atoms with Crippen molar-refractivity contribution in [1.29, 1.82) is 0 Å². The summed E-state index contributed by atoms with van der Waals surface area (Å²) in [5.41, 5.74) is 4.96. The second kappa shape index (κ2) is 9.75. The Kier molecular flexibility index (Phi) is 8.81. The van der Waals surface area contributed by atoms with Gasteiger partial charge in [-0.25, -0.2) is 4.79 Å². The molecule has 0 unspecified atom stereocenters. The first-order valence-electron chi connectivity index (χ1n) is 7.21. The predicted molar refractivity (Wildman–Crippen MR) is 79.7 cm³/mol. The molecule has 5 N–H and O–H groups in total. The van der Waals surface area contributed by atoms with Gasteiger partial charge >= 0.3 is 5.97 Å². The van der Waals surface area contributed by atoms with Crippen molar-refractivity contribution in [1.82, 2.24) is 10.6 Å². The van der Waals surface area contributed by atoms with E-state index in [0.717, 1.165) is 0 Å². The molecule has 0 spiro atoms. The van der Waals surface area contributed by atoms with Crippen molar-refractivity contribution in [2.24, 2.45) is 11.7 Å². The molecule has 0 aliphatic heterocycles. The lowest BCUT2D eigenvalue weighted by atomic mass is 9.99. The van der Waals surface area contributed by atoms with E-state index in [4.69, 9.17) is 10.8 Å². The van der Waals surface area contributed by atoms with Gasteiger partial charge in [0.05, 0.1) is 0 Å². The minimum Gasteiger partial charge on any atom is -0.480 e. The topological polar surface area (TPSA) is 139 Å². The maximum Gasteiger partial charge on any atom is 0.326 e. The van der Waals surface area contributed by atoms with Crippen LogP contribution in [-0.4, -0.2) is 40.9 Å². The lowest BCUT2D eigenvalue weighted by molar-refractivity contribution is -0.142. The third-order valence-corrected chi connectivity index (χ3v) is 3.19. The van der Waals surface area contributed by atoms with Gasteiger partial charge in [0.2, 0.25) is 17.7 Å². The first-order valence-corrected chi connectivity index (χ1v) is 7.21. The van der Waals surface area contributed by atoms with Crippen LogP contribution in [-0.2, 0) is 19.2 Å². The van der Waals surface area contributed by atoms with Crippen molar-refractivity contribution in [3.05, 3.63) is 0 Å². The zero-order valence-corrected chi connectivity index (χ0v) is 13.2. The standard InChI is InChI=1S/C14H25N3O5/c1-8(2)10(16-9(3)18)5-7-13(20)17-11(14(21)22)4-6-12(15)19/h8,10-11H,4-7H2,1-3H3,(H2,15,19)(H,16,18)(H,17,20)(H,21,22)/t10-,11-/m0/s1. The summed E-state index contributed by atoms with van der Waals surface area (Å²) >= 11 is 0. The van der Waals surface area contributed by atoms with Crippen LogP contribution < -0.4 is 16.4 Å². The maximum absolute atomic E-state index is 11.8. The van der Waals surface area contributed by atoms with Crippen LogP contribution in [0.25, 0.3) is 0 Å². The van der Waals surface area contributed by atoms with E-state index in [2.05, 4.69) is 10.6 Å². The molecule has 0 saturated heterocycles. The normalized spacial score (nSPS) is 13.3. The van der Waals surface area contributed by atoms with Crippen molar-refractivity contribution < 1.29 is 24.3 Å². The summed E-state index contributed by atoms with van der Waals surface area (Å²) in [5.74, 6) is -2.29. The Balaban J connectivity index is 4.41. The first kappa shape index (κ1) is 19.9. The summed E-state index contributed by atoms with van der Waals surface area (Å²) in [6.07, 6.45) is 0.336. The zero-order chi connectivity index (χ0) is 17.3. The van der Waals surface area contributed by atoms with E-state index >= 15 is 0 Å². The summed E-state index contributed by atoms with van der Waals surface area (Å²) in [6, 6.07) is -1.30. The van der Waals surface area contributed by atoms with Gasteiger partial charge < -0.3 is 21.5 Å². The molecule has 0 aromatic heterocycles. The Morgan fingerprint density at radius 2 is 1.64 bits per heavy atom. The molecule has 0 fully saturated rings. The highest BCUT2D eigenvalue weighted by Crippen LogP contribution is 2.09. The molecule has 0 radical (unpaired) electrons. The Bertz CT molecular complexity index is 423. The number of nitrogens with one attached hydrogen (secondary N) is 2. The van der Waals surface area contributed by atoms with Crippen LogP contribution in [0.1, 0.15) is 46.5 Å². The Morgan fingerprint density at radius 1 is 1.05 bits per heavy atom. The van der Waals surface area contributed by atoms with Gasteiger partial charge in [0, 0.05) is 25.8 Å². The van der Waals surface area contributed by atoms with Gasteiger partial charge in [0.15, 0.2) is 0 Å². The molecular formula is C14H25N3O5. The molecule has 0 saturated carbocycles. The molecule has 8 nitrogen and oxygen atoms in total. The summed E-state index contributed by atoms with van der Waals surface area (Å²) in [5, 5.41) is 14.1. The van der Waals surface area contributed by atoms with E-state index in [1.807, 2.05) is 13.8 Å². The molecule has 0 heterocycles. The molecule has 22 heavy (non-hydrogen) atoms. The molecule has 0 rings (SSSR count). The van der Waals surface area contributed by atoms with E-state index in [9.17, 15) is 19.2 Å². The fraction of sp³-hybridized carbons (Fsp3) is 0.714. The SMILES string of the molecule is CC(=O)N[C@@H](CCC(=O)N[C@@H](CCC(N)=O)C(=O)O)C(C)C. The van der Waals surface area contributed by atoms with Crippen molar-refractivity contribution in [3.8, 4) is 0 Å². The van der Waals surface area contributed by atoms with Crippen LogP contribution >= 0.6 is 0 Å². The number of hydrogen-bond acceptors (Lipinski definition) is 4. The molecule has 0 aromatic carbocycles. The molecular weight excluding hydrogens is 290 g/mol. The highest BCUT2D eigenvalue weighted by Gasteiger charge is 2.22. The zero-order valence-electron chi connectivity index (χ0n) is 13.2. The third kappa shape index (κ3) is 8.93. The number of rotatable bonds is 10. The highest BCUT2D eigenvalue weighted by molar-refractivity contribution is 5.84. The molecule has 8 heteroatoms. The van der Waals surface area contributed by atoms with Gasteiger partial charge in [0.25, 0.3) is 0 Å². The van der Waals surface area contributed by atoms with Crippen molar-refractivity contribution in [2.45, 2.75) is 58.5 Å². The maximum atomic E-state index is 11.8. The molecule has 0 aliphatic rings. The average molecular weight is 315 g/mol. The monoisotopic (exact) mass is 315 g/mol. The fourth-order valence-electron chi connectivity index (χ4n) is 1.93. The minimum absolute atomic E-state index is 0.0459. The summed E-state index contributed by atoms with van der Waals surface area (Å²) < 4.78 is 0. The predicted octanol–water partition coefficient (Wildman–Crippen LogP) is -0.238. The van der Waals surface area contributed by atoms with E-state index in [1.165, 1.54) is 6.92 Å². The number of nitrogens with two attached hydrogens (primary N) is 1. The quantitative estimate of drug-likeness (QED) is 0.441. The van der Waals surface area contributed by atoms with Gasteiger partial charge in [-0.15, -0.1) is 0 Å². The third-order valence-electron chi connectivity index (χ3n) is 3.19. The van der Waals surface area contributed by atoms with Gasteiger partial charge in [-0.05, 0) is 18.8 Å². The summed E-state index contributed by atoms with van der Waals surface area (Å²) in [7, 11) is 0. The van der Waals surface area contributed by atoms with Gasteiger partial charge in [-0.1, -0.05) is 13.8 Å². The lowest BCUT2D eigenvalue weighted by Crippen LogP contribution is -2.43. The number of carboxylic acid groups (broad SMARTS) is 1.